The predicted octanol–water partition coefficient (Wildman–Crippen LogP) is 5.61. The summed E-state index contributed by atoms with van der Waals surface area (Å²) in [5.74, 6) is 1.57. The molecule has 0 aliphatic heterocycles. The van der Waals surface area contributed by atoms with E-state index in [-0.39, 0.29) is 13.6 Å². The Balaban J connectivity index is 2.14. The Morgan fingerprint density at radius 1 is 0.633 bits per heavy atom. The van der Waals surface area contributed by atoms with E-state index in [1.54, 1.807) is 14.2 Å². The average Bonchev–Trinajstić information content (AvgIpc) is 2.76. The van der Waals surface area contributed by atoms with Gasteiger partial charge in [-0.25, -0.2) is 0 Å². The van der Waals surface area contributed by atoms with Crippen LogP contribution < -0.4 is 14.4 Å². The van der Waals surface area contributed by atoms with Crippen molar-refractivity contribution in [2.75, 3.05) is 32.7 Å². The van der Waals surface area contributed by atoms with E-state index in [0.29, 0.717) is 6.54 Å². The lowest BCUT2D eigenvalue weighted by Crippen LogP contribution is -2.20. The summed E-state index contributed by atoms with van der Waals surface area (Å²) in [7, 11) is 3.24. The number of rotatable bonds is 10. The zero-order chi connectivity index (χ0) is 21.3. The van der Waals surface area contributed by atoms with Gasteiger partial charge in [0.2, 0.25) is 0 Å². The van der Waals surface area contributed by atoms with Crippen LogP contribution in [0.5, 0.6) is 11.5 Å². The maximum Gasteiger partial charge on any atom is 0.188 e. The fraction of sp³-hybridized carbons (Fsp3) is 0.280. The summed E-state index contributed by atoms with van der Waals surface area (Å²) in [6, 6.07) is 22.6. The molecule has 0 aliphatic rings. The first-order chi connectivity index (χ1) is 14.7. The zero-order valence-corrected chi connectivity index (χ0v) is 18.1. The van der Waals surface area contributed by atoms with Gasteiger partial charge in [-0.2, -0.15) is 0 Å². The first kappa shape index (κ1) is 21.7. The third kappa shape index (κ3) is 5.12. The van der Waals surface area contributed by atoms with Crippen molar-refractivity contribution in [1.29, 1.82) is 0 Å². The molecule has 0 bridgehead atoms. The van der Waals surface area contributed by atoms with Crippen molar-refractivity contribution >= 4 is 11.4 Å². The quantitative estimate of drug-likeness (QED) is 0.409. The summed E-state index contributed by atoms with van der Waals surface area (Å²) in [6.45, 7) is 5.08. The molecule has 158 valence electrons. The fourth-order valence-electron chi connectivity index (χ4n) is 3.38. The van der Waals surface area contributed by atoms with E-state index in [9.17, 15) is 0 Å². The van der Waals surface area contributed by atoms with Gasteiger partial charge in [0.1, 0.15) is 11.5 Å². The number of hydrogen-bond acceptors (Lipinski definition) is 5. The smallest absolute Gasteiger partial charge is 0.188 e. The second-order valence-corrected chi connectivity index (χ2v) is 7.02. The molecule has 0 saturated heterocycles. The van der Waals surface area contributed by atoms with Gasteiger partial charge >= 0.3 is 0 Å². The van der Waals surface area contributed by atoms with Gasteiger partial charge in [-0.3, -0.25) is 0 Å². The molecule has 0 aromatic heterocycles. The summed E-state index contributed by atoms with van der Waals surface area (Å²) in [4.78, 5) is 2.21. The number of para-hydroxylation sites is 2. The summed E-state index contributed by atoms with van der Waals surface area (Å²) in [6.07, 6.45) is 0. The van der Waals surface area contributed by atoms with E-state index < -0.39 is 0 Å². The molecule has 30 heavy (non-hydrogen) atoms. The molecule has 3 rings (SSSR count). The van der Waals surface area contributed by atoms with Crippen LogP contribution in [0.25, 0.3) is 0 Å². The number of ether oxygens (including phenoxy) is 4. The van der Waals surface area contributed by atoms with E-state index in [1.165, 1.54) is 5.56 Å². The van der Waals surface area contributed by atoms with Crippen LogP contribution in [0.15, 0.2) is 66.7 Å². The Morgan fingerprint density at radius 3 is 1.60 bits per heavy atom. The third-order valence-corrected chi connectivity index (χ3v) is 4.79. The lowest BCUT2D eigenvalue weighted by atomic mass is 10.1. The van der Waals surface area contributed by atoms with Crippen molar-refractivity contribution in [3.63, 3.8) is 0 Å². The van der Waals surface area contributed by atoms with Crippen molar-refractivity contribution in [2.24, 2.45) is 0 Å². The molecule has 0 atom stereocenters. The molecule has 5 nitrogen and oxygen atoms in total. The molecule has 0 saturated carbocycles. The number of nitrogens with zero attached hydrogens (tertiary/aromatic N) is 1. The number of benzene rings is 3. The monoisotopic (exact) mass is 407 g/mol. The van der Waals surface area contributed by atoms with Crippen molar-refractivity contribution in [2.45, 2.75) is 20.4 Å². The van der Waals surface area contributed by atoms with Crippen LogP contribution in [-0.4, -0.2) is 27.8 Å². The minimum absolute atomic E-state index is 0.178. The zero-order valence-electron chi connectivity index (χ0n) is 18.1. The van der Waals surface area contributed by atoms with E-state index in [1.807, 2.05) is 56.3 Å². The minimum Gasteiger partial charge on any atom is -0.465 e. The van der Waals surface area contributed by atoms with Crippen LogP contribution in [-0.2, 0) is 16.0 Å². The van der Waals surface area contributed by atoms with Crippen LogP contribution in [0.1, 0.15) is 16.7 Å². The molecule has 0 heterocycles. The highest BCUT2D eigenvalue weighted by Gasteiger charge is 2.21. The molecule has 0 radical (unpaired) electrons. The topological polar surface area (TPSA) is 40.2 Å². The van der Waals surface area contributed by atoms with Crippen LogP contribution >= 0.6 is 0 Å². The molecule has 0 amide bonds. The molecule has 0 spiro atoms. The summed E-state index contributed by atoms with van der Waals surface area (Å²) >= 11 is 0. The van der Waals surface area contributed by atoms with Gasteiger partial charge in [0.25, 0.3) is 0 Å². The molecule has 3 aromatic carbocycles. The molecule has 0 N–H and O–H groups in total. The van der Waals surface area contributed by atoms with Gasteiger partial charge in [0, 0.05) is 20.8 Å². The molecule has 0 unspecified atom stereocenters. The Morgan fingerprint density at radius 2 is 1.13 bits per heavy atom. The highest BCUT2D eigenvalue weighted by atomic mass is 16.7. The van der Waals surface area contributed by atoms with E-state index >= 15 is 0 Å². The second-order valence-electron chi connectivity index (χ2n) is 7.02. The molecule has 5 heteroatoms. The molecule has 0 fully saturated rings. The average molecular weight is 408 g/mol. The van der Waals surface area contributed by atoms with Crippen LogP contribution in [0.3, 0.4) is 0 Å². The van der Waals surface area contributed by atoms with Crippen LogP contribution in [0.4, 0.5) is 11.4 Å². The minimum atomic E-state index is 0.178. The van der Waals surface area contributed by atoms with Gasteiger partial charge in [-0.1, -0.05) is 54.6 Å². The van der Waals surface area contributed by atoms with E-state index in [0.717, 1.165) is 34.0 Å². The maximum atomic E-state index is 5.98. The molecular formula is C25H29NO4. The normalized spacial score (nSPS) is 10.7. The van der Waals surface area contributed by atoms with Crippen LogP contribution in [0.2, 0.25) is 0 Å². The Kier molecular flexibility index (Phi) is 7.71. The number of methoxy groups -OCH3 is 2. The van der Waals surface area contributed by atoms with E-state index in [2.05, 4.69) is 29.2 Å². The third-order valence-electron chi connectivity index (χ3n) is 4.79. The van der Waals surface area contributed by atoms with E-state index in [4.69, 9.17) is 18.9 Å². The Labute approximate surface area is 178 Å². The van der Waals surface area contributed by atoms with Gasteiger partial charge in [0.05, 0.1) is 11.4 Å². The highest BCUT2D eigenvalue weighted by Crippen LogP contribution is 2.42. The van der Waals surface area contributed by atoms with Gasteiger partial charge < -0.3 is 23.8 Å². The first-order valence-electron chi connectivity index (χ1n) is 9.90. The van der Waals surface area contributed by atoms with Crippen molar-refractivity contribution in [3.8, 4) is 11.5 Å². The largest absolute Gasteiger partial charge is 0.465 e. The summed E-state index contributed by atoms with van der Waals surface area (Å²) in [5.41, 5.74) is 5.15. The van der Waals surface area contributed by atoms with Crippen molar-refractivity contribution in [1.82, 2.24) is 0 Å². The number of hydrogen-bond donors (Lipinski definition) is 0. The number of anilines is 2. The SMILES string of the molecule is COCOc1c(C)cccc1N(Cc1ccccc1)c1cccc(C)c1OCOC. The number of aryl methyl sites for hydroxylation is 2. The lowest BCUT2D eigenvalue weighted by Gasteiger charge is -2.30. The lowest BCUT2D eigenvalue weighted by molar-refractivity contribution is 0.0505. The first-order valence-corrected chi connectivity index (χ1v) is 9.90. The molecule has 3 aromatic rings. The standard InChI is InChI=1S/C25H29NO4/c1-19-10-8-14-22(24(19)29-17-27-3)26(16-21-12-6-5-7-13-21)23-15-9-11-20(2)25(23)30-18-28-4/h5-15H,16-18H2,1-4H3. The van der Waals surface area contributed by atoms with Crippen molar-refractivity contribution < 1.29 is 18.9 Å². The van der Waals surface area contributed by atoms with Crippen LogP contribution in [0, 0.1) is 13.8 Å². The summed E-state index contributed by atoms with van der Waals surface area (Å²) in [5, 5.41) is 0. The van der Waals surface area contributed by atoms with Gasteiger partial charge in [-0.05, 0) is 42.7 Å². The Bertz CT molecular complexity index is 886. The molecule has 0 aliphatic carbocycles. The fourth-order valence-corrected chi connectivity index (χ4v) is 3.38. The maximum absolute atomic E-state index is 5.98. The van der Waals surface area contributed by atoms with Gasteiger partial charge in [0.15, 0.2) is 13.6 Å². The summed E-state index contributed by atoms with van der Waals surface area (Å²) < 4.78 is 22.3. The predicted molar refractivity (Wildman–Crippen MR) is 120 cm³/mol. The van der Waals surface area contributed by atoms with Crippen molar-refractivity contribution in [3.05, 3.63) is 83.4 Å². The highest BCUT2D eigenvalue weighted by molar-refractivity contribution is 5.75. The molecular weight excluding hydrogens is 378 g/mol. The van der Waals surface area contributed by atoms with Gasteiger partial charge in [-0.15, -0.1) is 0 Å². The Hall–Kier alpha value is -3.02. The second kappa shape index (κ2) is 10.7.